The fourth-order valence-corrected chi connectivity index (χ4v) is 2.75. The Labute approximate surface area is 135 Å². The van der Waals surface area contributed by atoms with Crippen molar-refractivity contribution in [2.45, 2.75) is 19.9 Å². The van der Waals surface area contributed by atoms with E-state index < -0.39 is 0 Å². The van der Waals surface area contributed by atoms with E-state index in [0.29, 0.717) is 29.2 Å². The highest BCUT2D eigenvalue weighted by atomic mass is 35.5. The van der Waals surface area contributed by atoms with Gasteiger partial charge in [-0.2, -0.15) is 4.98 Å². The number of rotatable bonds is 6. The molecule has 1 saturated heterocycles. The second-order valence-corrected chi connectivity index (χ2v) is 6.01. The van der Waals surface area contributed by atoms with Gasteiger partial charge in [-0.15, -0.1) is 0 Å². The molecule has 0 spiro atoms. The largest absolute Gasteiger partial charge is 0.381 e. The van der Waals surface area contributed by atoms with Crippen molar-refractivity contribution < 1.29 is 9.26 Å². The van der Waals surface area contributed by atoms with Gasteiger partial charge in [-0.3, -0.25) is 4.90 Å². The highest BCUT2D eigenvalue weighted by Gasteiger charge is 2.20. The molecule has 5 nitrogen and oxygen atoms in total. The molecule has 1 unspecified atom stereocenters. The van der Waals surface area contributed by atoms with E-state index in [-0.39, 0.29) is 0 Å². The Bertz CT molecular complexity index is 594. The fourth-order valence-electron chi connectivity index (χ4n) is 2.62. The van der Waals surface area contributed by atoms with Crippen molar-refractivity contribution in [2.75, 3.05) is 26.3 Å². The van der Waals surface area contributed by atoms with Gasteiger partial charge >= 0.3 is 0 Å². The minimum absolute atomic E-state index is 0.604. The van der Waals surface area contributed by atoms with Gasteiger partial charge in [0.15, 0.2) is 0 Å². The Hall–Kier alpha value is -1.43. The summed E-state index contributed by atoms with van der Waals surface area (Å²) in [7, 11) is 0. The second kappa shape index (κ2) is 7.22. The number of ether oxygens (including phenoxy) is 1. The van der Waals surface area contributed by atoms with Gasteiger partial charge in [0, 0.05) is 23.7 Å². The first-order valence-corrected chi connectivity index (χ1v) is 8.01. The lowest BCUT2D eigenvalue weighted by Crippen LogP contribution is -2.29. The summed E-state index contributed by atoms with van der Waals surface area (Å²) in [5, 5.41) is 4.75. The Balaban J connectivity index is 1.63. The molecule has 1 aromatic carbocycles. The van der Waals surface area contributed by atoms with Crippen molar-refractivity contribution in [1.82, 2.24) is 15.0 Å². The van der Waals surface area contributed by atoms with Crippen LogP contribution in [-0.4, -0.2) is 41.3 Å². The van der Waals surface area contributed by atoms with Crippen LogP contribution in [0.15, 0.2) is 28.8 Å². The van der Waals surface area contributed by atoms with Crippen molar-refractivity contribution in [3.8, 4) is 11.4 Å². The summed E-state index contributed by atoms with van der Waals surface area (Å²) in [6.07, 6.45) is 1.14. The molecule has 6 heteroatoms. The molecule has 2 aromatic rings. The number of hydrogen-bond acceptors (Lipinski definition) is 5. The molecule has 0 bridgehead atoms. The average molecular weight is 322 g/mol. The fraction of sp³-hybridized carbons (Fsp3) is 0.500. The topological polar surface area (TPSA) is 51.4 Å². The number of aromatic nitrogens is 2. The monoisotopic (exact) mass is 321 g/mol. The van der Waals surface area contributed by atoms with Gasteiger partial charge in [-0.1, -0.05) is 23.7 Å². The molecule has 22 heavy (non-hydrogen) atoms. The number of halogens is 1. The van der Waals surface area contributed by atoms with Crippen molar-refractivity contribution in [1.29, 1.82) is 0 Å². The van der Waals surface area contributed by atoms with Gasteiger partial charge < -0.3 is 9.26 Å². The van der Waals surface area contributed by atoms with E-state index in [4.69, 9.17) is 20.9 Å². The maximum atomic E-state index is 5.89. The summed E-state index contributed by atoms with van der Waals surface area (Å²) >= 11 is 5.89. The minimum atomic E-state index is 0.604. The first-order valence-electron chi connectivity index (χ1n) is 7.63. The Morgan fingerprint density at radius 3 is 2.82 bits per heavy atom. The number of hydrogen-bond donors (Lipinski definition) is 0. The normalized spacial score (nSPS) is 18.2. The first-order chi connectivity index (χ1) is 10.7. The lowest BCUT2D eigenvalue weighted by atomic mass is 10.1. The predicted molar refractivity (Wildman–Crippen MR) is 84.6 cm³/mol. The van der Waals surface area contributed by atoms with Crippen LogP contribution in [0.1, 0.15) is 19.2 Å². The molecule has 1 fully saturated rings. The summed E-state index contributed by atoms with van der Waals surface area (Å²) in [5.41, 5.74) is 0.909. The van der Waals surface area contributed by atoms with Crippen LogP contribution in [-0.2, 0) is 11.3 Å². The van der Waals surface area contributed by atoms with E-state index in [1.165, 1.54) is 0 Å². The molecule has 0 aliphatic carbocycles. The van der Waals surface area contributed by atoms with Crippen LogP contribution in [0.3, 0.4) is 0 Å². The standard InChI is InChI=1S/C16H20ClN3O2/c1-2-20(9-12-7-8-21-11-12)10-15-18-16(19-22-15)13-3-5-14(17)6-4-13/h3-6,12H,2,7-11H2,1H3. The molecular formula is C16H20ClN3O2. The molecule has 3 rings (SSSR count). The van der Waals surface area contributed by atoms with Gasteiger partial charge in [0.05, 0.1) is 13.2 Å². The van der Waals surface area contributed by atoms with Gasteiger partial charge in [-0.05, 0) is 43.1 Å². The van der Waals surface area contributed by atoms with Crippen molar-refractivity contribution in [2.24, 2.45) is 5.92 Å². The summed E-state index contributed by atoms with van der Waals surface area (Å²) in [5.74, 6) is 1.86. The summed E-state index contributed by atoms with van der Waals surface area (Å²) < 4.78 is 10.8. The molecule has 1 aliphatic rings. The zero-order valence-electron chi connectivity index (χ0n) is 12.7. The van der Waals surface area contributed by atoms with Gasteiger partial charge in [0.25, 0.3) is 0 Å². The third-order valence-electron chi connectivity index (χ3n) is 3.92. The van der Waals surface area contributed by atoms with Crippen molar-refractivity contribution >= 4 is 11.6 Å². The van der Waals surface area contributed by atoms with E-state index in [9.17, 15) is 0 Å². The third-order valence-corrected chi connectivity index (χ3v) is 4.17. The van der Waals surface area contributed by atoms with Crippen molar-refractivity contribution in [3.63, 3.8) is 0 Å². The molecule has 0 saturated carbocycles. The third kappa shape index (κ3) is 3.85. The SMILES string of the molecule is CCN(Cc1nc(-c2ccc(Cl)cc2)no1)CC1CCOC1. The van der Waals surface area contributed by atoms with E-state index in [2.05, 4.69) is 22.0 Å². The zero-order chi connectivity index (χ0) is 15.4. The lowest BCUT2D eigenvalue weighted by Gasteiger charge is -2.21. The Kier molecular flexibility index (Phi) is 5.08. The van der Waals surface area contributed by atoms with Crippen LogP contribution >= 0.6 is 11.6 Å². The predicted octanol–water partition coefficient (Wildman–Crippen LogP) is 3.25. The van der Waals surface area contributed by atoms with Crippen LogP contribution < -0.4 is 0 Å². The summed E-state index contributed by atoms with van der Waals surface area (Å²) in [6, 6.07) is 7.44. The highest BCUT2D eigenvalue weighted by molar-refractivity contribution is 6.30. The zero-order valence-corrected chi connectivity index (χ0v) is 13.4. The Morgan fingerprint density at radius 1 is 1.32 bits per heavy atom. The van der Waals surface area contributed by atoms with Gasteiger partial charge in [0.2, 0.25) is 11.7 Å². The average Bonchev–Trinajstić information content (AvgIpc) is 3.19. The van der Waals surface area contributed by atoms with Crippen LogP contribution in [0.4, 0.5) is 0 Å². The van der Waals surface area contributed by atoms with E-state index in [1.54, 1.807) is 0 Å². The molecule has 1 atom stereocenters. The van der Waals surface area contributed by atoms with Gasteiger partial charge in [-0.25, -0.2) is 0 Å². The molecular weight excluding hydrogens is 302 g/mol. The highest BCUT2D eigenvalue weighted by Crippen LogP contribution is 2.20. The van der Waals surface area contributed by atoms with Gasteiger partial charge in [0.1, 0.15) is 0 Å². The van der Waals surface area contributed by atoms with E-state index in [1.807, 2.05) is 24.3 Å². The smallest absolute Gasteiger partial charge is 0.241 e. The summed E-state index contributed by atoms with van der Waals surface area (Å²) in [6.45, 7) is 6.52. The maximum Gasteiger partial charge on any atom is 0.241 e. The molecule has 0 N–H and O–H groups in total. The molecule has 2 heterocycles. The summed E-state index contributed by atoms with van der Waals surface area (Å²) in [4.78, 5) is 6.80. The first kappa shape index (κ1) is 15.5. The molecule has 1 aromatic heterocycles. The maximum absolute atomic E-state index is 5.89. The number of benzene rings is 1. The molecule has 0 amide bonds. The molecule has 1 aliphatic heterocycles. The van der Waals surface area contributed by atoms with Crippen LogP contribution in [0.2, 0.25) is 5.02 Å². The van der Waals surface area contributed by atoms with Crippen LogP contribution in [0.25, 0.3) is 11.4 Å². The number of nitrogens with zero attached hydrogens (tertiary/aromatic N) is 3. The molecule has 118 valence electrons. The quantitative estimate of drug-likeness (QED) is 0.817. The van der Waals surface area contributed by atoms with Crippen molar-refractivity contribution in [3.05, 3.63) is 35.2 Å². The van der Waals surface area contributed by atoms with E-state index in [0.717, 1.165) is 38.3 Å². The molecule has 0 radical (unpaired) electrons. The van der Waals surface area contributed by atoms with E-state index >= 15 is 0 Å². The minimum Gasteiger partial charge on any atom is -0.381 e. The second-order valence-electron chi connectivity index (χ2n) is 5.58. The lowest BCUT2D eigenvalue weighted by molar-refractivity contribution is 0.160. The Morgan fingerprint density at radius 2 is 2.14 bits per heavy atom. The van der Waals surface area contributed by atoms with Crippen LogP contribution in [0, 0.1) is 5.92 Å². The van der Waals surface area contributed by atoms with Crippen LogP contribution in [0.5, 0.6) is 0 Å².